The van der Waals surface area contributed by atoms with Gasteiger partial charge < -0.3 is 10.2 Å². The highest BCUT2D eigenvalue weighted by Gasteiger charge is 2.27. The Morgan fingerprint density at radius 2 is 1.81 bits per heavy atom. The highest BCUT2D eigenvalue weighted by atomic mass is 35.5. The van der Waals surface area contributed by atoms with E-state index in [1.54, 1.807) is 10.6 Å². The van der Waals surface area contributed by atoms with Crippen LogP contribution in [-0.4, -0.2) is 41.5 Å². The molecule has 5 rings (SSSR count). The van der Waals surface area contributed by atoms with Crippen molar-refractivity contribution in [2.75, 3.05) is 36.8 Å². The van der Waals surface area contributed by atoms with E-state index in [0.29, 0.717) is 33.4 Å². The topological polar surface area (TPSA) is 50.2 Å². The van der Waals surface area contributed by atoms with E-state index in [2.05, 4.69) is 15.2 Å². The van der Waals surface area contributed by atoms with Gasteiger partial charge in [0.15, 0.2) is 0 Å². The molecule has 1 fully saturated rings. The first-order valence-electron chi connectivity index (χ1n) is 9.96. The third kappa shape index (κ3) is 3.59. The molecule has 2 aromatic carbocycles. The third-order valence-electron chi connectivity index (χ3n) is 5.62. The van der Waals surface area contributed by atoms with Gasteiger partial charge in [-0.2, -0.15) is 4.98 Å². The van der Waals surface area contributed by atoms with Crippen molar-refractivity contribution in [2.45, 2.75) is 17.9 Å². The first kappa shape index (κ1) is 21.0. The predicted octanol–water partition coefficient (Wildman–Crippen LogP) is 4.55. The van der Waals surface area contributed by atoms with E-state index < -0.39 is 11.6 Å². The highest BCUT2D eigenvalue weighted by Crippen LogP contribution is 2.46. The zero-order valence-electron chi connectivity index (χ0n) is 16.4. The largest absolute Gasteiger partial charge is 0.353 e. The molecule has 2 aliphatic rings. The van der Waals surface area contributed by atoms with E-state index in [1.165, 1.54) is 17.8 Å². The number of piperazine rings is 1. The van der Waals surface area contributed by atoms with Gasteiger partial charge in [-0.3, -0.25) is 4.57 Å². The number of hydrogen-bond acceptors (Lipinski definition) is 5. The smallest absolute Gasteiger partial charge is 0.350 e. The van der Waals surface area contributed by atoms with Crippen LogP contribution in [0.3, 0.4) is 0 Å². The Morgan fingerprint density at radius 3 is 2.58 bits per heavy atom. The molecule has 1 aromatic heterocycles. The van der Waals surface area contributed by atoms with Crippen LogP contribution in [0.15, 0.2) is 27.9 Å². The second-order valence-corrected chi connectivity index (χ2v) is 9.43. The van der Waals surface area contributed by atoms with Gasteiger partial charge in [-0.25, -0.2) is 13.6 Å². The van der Waals surface area contributed by atoms with Gasteiger partial charge in [0.1, 0.15) is 17.5 Å². The first-order valence-corrected chi connectivity index (χ1v) is 11.7. The molecule has 162 valence electrons. The molecule has 0 unspecified atom stereocenters. The first-order chi connectivity index (χ1) is 15.0. The molecule has 0 radical (unpaired) electrons. The van der Waals surface area contributed by atoms with E-state index in [9.17, 15) is 13.6 Å². The van der Waals surface area contributed by atoms with Gasteiger partial charge in [0.2, 0.25) is 0 Å². The molecule has 0 aliphatic carbocycles. The summed E-state index contributed by atoms with van der Waals surface area (Å²) in [4.78, 5) is 20.1. The normalized spacial score (nSPS) is 16.6. The van der Waals surface area contributed by atoms with Crippen molar-refractivity contribution < 1.29 is 8.78 Å². The van der Waals surface area contributed by atoms with E-state index in [0.717, 1.165) is 49.8 Å². The van der Waals surface area contributed by atoms with Crippen molar-refractivity contribution in [3.05, 3.63) is 50.4 Å². The molecule has 1 saturated heterocycles. The maximum atomic E-state index is 14.8. The van der Waals surface area contributed by atoms with Crippen molar-refractivity contribution >= 4 is 51.7 Å². The fourth-order valence-corrected chi connectivity index (χ4v) is 5.91. The SMILES string of the molecule is O=c1nc(N2CCNCC2)c2cc(Cl)c(-c3cc(Cl)c(F)cc3F)c3c2n1CCCS3. The molecule has 10 heteroatoms. The molecular formula is C21H18Cl2F2N4OS. The van der Waals surface area contributed by atoms with Gasteiger partial charge in [0, 0.05) is 60.2 Å². The summed E-state index contributed by atoms with van der Waals surface area (Å²) in [6.07, 6.45) is 0.757. The van der Waals surface area contributed by atoms with Crippen LogP contribution in [0.5, 0.6) is 0 Å². The number of halogens is 4. The number of rotatable bonds is 2. The lowest BCUT2D eigenvalue weighted by Crippen LogP contribution is -2.44. The van der Waals surface area contributed by atoms with Gasteiger partial charge in [-0.1, -0.05) is 23.2 Å². The Hall–Kier alpha value is -1.87. The number of nitrogens with one attached hydrogen (secondary N) is 1. The summed E-state index contributed by atoms with van der Waals surface area (Å²) < 4.78 is 30.2. The van der Waals surface area contributed by atoms with Crippen LogP contribution in [0, 0.1) is 11.6 Å². The van der Waals surface area contributed by atoms with E-state index in [4.69, 9.17) is 23.2 Å². The fraction of sp³-hybridized carbons (Fsp3) is 0.333. The zero-order valence-corrected chi connectivity index (χ0v) is 18.7. The minimum Gasteiger partial charge on any atom is -0.353 e. The Balaban J connectivity index is 1.86. The minimum atomic E-state index is -0.833. The second kappa shape index (κ2) is 8.24. The molecule has 31 heavy (non-hydrogen) atoms. The molecule has 0 spiro atoms. The van der Waals surface area contributed by atoms with Crippen LogP contribution in [0.1, 0.15) is 6.42 Å². The third-order valence-corrected chi connectivity index (χ3v) is 7.39. The van der Waals surface area contributed by atoms with Gasteiger partial charge >= 0.3 is 5.69 Å². The number of aromatic nitrogens is 2. The average molecular weight is 483 g/mol. The molecule has 0 bridgehead atoms. The van der Waals surface area contributed by atoms with E-state index in [1.807, 2.05) is 0 Å². The molecule has 2 aliphatic heterocycles. The van der Waals surface area contributed by atoms with Gasteiger partial charge in [0.25, 0.3) is 0 Å². The van der Waals surface area contributed by atoms with Crippen molar-refractivity contribution in [1.82, 2.24) is 14.9 Å². The Morgan fingerprint density at radius 1 is 1.03 bits per heavy atom. The predicted molar refractivity (Wildman–Crippen MR) is 122 cm³/mol. The van der Waals surface area contributed by atoms with Crippen molar-refractivity contribution in [3.8, 4) is 11.1 Å². The summed E-state index contributed by atoms with van der Waals surface area (Å²) in [6, 6.07) is 3.75. The van der Waals surface area contributed by atoms with Crippen molar-refractivity contribution in [2.24, 2.45) is 0 Å². The summed E-state index contributed by atoms with van der Waals surface area (Å²) in [5, 5.41) is 4.17. The summed E-state index contributed by atoms with van der Waals surface area (Å²) in [6.45, 7) is 3.53. The van der Waals surface area contributed by atoms with Gasteiger partial charge in [0.05, 0.1) is 15.6 Å². The number of nitrogens with zero attached hydrogens (tertiary/aromatic N) is 3. The summed E-state index contributed by atoms with van der Waals surface area (Å²) in [5.74, 6) is -0.272. The highest BCUT2D eigenvalue weighted by molar-refractivity contribution is 7.99. The van der Waals surface area contributed by atoms with Crippen LogP contribution < -0.4 is 15.9 Å². The number of anilines is 1. The van der Waals surface area contributed by atoms with Crippen LogP contribution in [0.2, 0.25) is 10.0 Å². The lowest BCUT2D eigenvalue weighted by atomic mass is 10.0. The standard InChI is InChI=1S/C21H18Cl2F2N4OS/c22-13-8-11(15(24)10-16(13)25)17-14(23)9-12-18-19(17)31-7-1-4-29(18)21(30)27-20(12)28-5-2-26-3-6-28/h8-10,26H,1-7H2. The molecule has 0 atom stereocenters. The van der Waals surface area contributed by atoms with Gasteiger partial charge in [-0.15, -0.1) is 11.8 Å². The van der Waals surface area contributed by atoms with E-state index in [-0.39, 0.29) is 16.3 Å². The molecule has 3 heterocycles. The lowest BCUT2D eigenvalue weighted by molar-refractivity contribution is 0.582. The van der Waals surface area contributed by atoms with Crippen molar-refractivity contribution in [3.63, 3.8) is 0 Å². The Kier molecular flexibility index (Phi) is 5.58. The molecule has 5 nitrogen and oxygen atoms in total. The molecular weight excluding hydrogens is 465 g/mol. The second-order valence-electron chi connectivity index (χ2n) is 7.51. The fourth-order valence-electron chi connectivity index (χ4n) is 4.19. The van der Waals surface area contributed by atoms with Crippen molar-refractivity contribution in [1.29, 1.82) is 0 Å². The van der Waals surface area contributed by atoms with Crippen LogP contribution >= 0.6 is 35.0 Å². The summed E-state index contributed by atoms with van der Waals surface area (Å²) >= 11 is 14.2. The Bertz CT molecular complexity index is 1260. The van der Waals surface area contributed by atoms with Crippen LogP contribution in [0.25, 0.3) is 22.0 Å². The van der Waals surface area contributed by atoms with Gasteiger partial charge in [-0.05, 0) is 24.3 Å². The molecule has 3 aromatic rings. The number of aryl methyl sites for hydroxylation is 1. The molecule has 1 N–H and O–H groups in total. The number of thioether (sulfide) groups is 1. The number of hydrogen-bond donors (Lipinski definition) is 1. The van der Waals surface area contributed by atoms with E-state index >= 15 is 0 Å². The summed E-state index contributed by atoms with van der Waals surface area (Å²) in [7, 11) is 0. The monoisotopic (exact) mass is 482 g/mol. The minimum absolute atomic E-state index is 0.113. The maximum Gasteiger partial charge on any atom is 0.350 e. The Labute approximate surface area is 191 Å². The van der Waals surface area contributed by atoms with Crippen LogP contribution in [-0.2, 0) is 6.54 Å². The zero-order chi connectivity index (χ0) is 21.7. The lowest BCUT2D eigenvalue weighted by Gasteiger charge is -2.30. The quantitative estimate of drug-likeness (QED) is 0.542. The average Bonchev–Trinajstić information content (AvgIpc) is 2.98. The van der Waals surface area contributed by atoms with Crippen LogP contribution in [0.4, 0.5) is 14.6 Å². The molecule has 0 saturated carbocycles. The number of benzene rings is 2. The summed E-state index contributed by atoms with van der Waals surface area (Å²) in [5.41, 5.74) is 0.888. The molecule has 0 amide bonds. The maximum absolute atomic E-state index is 14.8.